The molecule has 0 heterocycles. The van der Waals surface area contributed by atoms with Crippen molar-refractivity contribution >= 4 is 23.3 Å². The van der Waals surface area contributed by atoms with Crippen molar-refractivity contribution in [1.29, 1.82) is 0 Å². The van der Waals surface area contributed by atoms with Crippen LogP contribution in [0.2, 0.25) is 0 Å². The Labute approximate surface area is 221 Å². The van der Waals surface area contributed by atoms with E-state index in [1.165, 1.54) is 35.6 Å². The number of nitrogens with zero attached hydrogens (tertiary/aromatic N) is 2. The second-order valence-corrected chi connectivity index (χ2v) is 9.78. The number of nitrogens with one attached hydrogen (secondary N) is 1. The van der Waals surface area contributed by atoms with Gasteiger partial charge in [-0.3, -0.25) is 9.69 Å². The molecule has 37 heavy (non-hydrogen) atoms. The van der Waals surface area contributed by atoms with Crippen LogP contribution in [0.25, 0.3) is 10.8 Å². The average Bonchev–Trinajstić information content (AvgIpc) is 2.91. The zero-order valence-electron chi connectivity index (χ0n) is 22.5. The number of hydrogen-bond donors (Lipinski definition) is 1. The molecule has 0 saturated carbocycles. The highest BCUT2D eigenvalue weighted by Crippen LogP contribution is 2.26. The molecule has 3 rings (SSSR count). The first-order valence-corrected chi connectivity index (χ1v) is 13.3. The Morgan fingerprint density at radius 2 is 1.57 bits per heavy atom. The first kappa shape index (κ1) is 28.2. The van der Waals surface area contributed by atoms with Gasteiger partial charge in [-0.2, -0.15) is 0 Å². The average molecular weight is 504 g/mol. The molecule has 1 N–H and O–H groups in total. The summed E-state index contributed by atoms with van der Waals surface area (Å²) >= 11 is 0. The molecule has 0 spiro atoms. The lowest BCUT2D eigenvalue weighted by atomic mass is 9.94. The molecule has 0 aliphatic rings. The monoisotopic (exact) mass is 503 g/mol. The van der Waals surface area contributed by atoms with Gasteiger partial charge in [0.2, 0.25) is 6.41 Å². The molecule has 6 nitrogen and oxygen atoms in total. The lowest BCUT2D eigenvalue weighted by Gasteiger charge is -2.31. The predicted molar refractivity (Wildman–Crippen MR) is 150 cm³/mol. The molecule has 0 radical (unpaired) electrons. The number of hydrogen-bond acceptors (Lipinski definition) is 4. The zero-order chi connectivity index (χ0) is 26.5. The van der Waals surface area contributed by atoms with Gasteiger partial charge in [-0.1, -0.05) is 86.5 Å². The van der Waals surface area contributed by atoms with E-state index < -0.39 is 12.3 Å². The third kappa shape index (κ3) is 8.60. The number of unbranched alkanes of at least 4 members (excludes halogenated alkanes) is 2. The molecule has 0 aromatic heterocycles. The summed E-state index contributed by atoms with van der Waals surface area (Å²) in [5.74, 6) is 0. The minimum absolute atomic E-state index is 0.188. The van der Waals surface area contributed by atoms with Gasteiger partial charge in [-0.05, 0) is 67.4 Å². The summed E-state index contributed by atoms with van der Waals surface area (Å²) < 4.78 is 5.69. The highest BCUT2D eigenvalue weighted by molar-refractivity contribution is 5.89. The van der Waals surface area contributed by atoms with E-state index in [2.05, 4.69) is 47.5 Å². The molecule has 2 amide bonds. The van der Waals surface area contributed by atoms with Crippen molar-refractivity contribution < 1.29 is 14.3 Å². The molecule has 0 fully saturated rings. The van der Waals surface area contributed by atoms with Gasteiger partial charge in [-0.15, -0.1) is 0 Å². The van der Waals surface area contributed by atoms with E-state index in [9.17, 15) is 9.59 Å². The highest BCUT2D eigenvalue weighted by Gasteiger charge is 2.26. The van der Waals surface area contributed by atoms with Crippen molar-refractivity contribution in [2.24, 2.45) is 0 Å². The number of fused-ring (bicyclic) bond motifs is 1. The van der Waals surface area contributed by atoms with Crippen LogP contribution in [0.1, 0.15) is 49.3 Å². The SMILES string of the molecule is CCCCCc1ccc(C[C@@H](NC=O)N(CCCN(C)C)C(=O)OCc2ccccc2)c2ccccc12. The Balaban J connectivity index is 1.84. The summed E-state index contributed by atoms with van der Waals surface area (Å²) in [5, 5.41) is 5.31. The Hall–Kier alpha value is -3.38. The minimum Gasteiger partial charge on any atom is -0.444 e. The lowest BCUT2D eigenvalue weighted by molar-refractivity contribution is -0.111. The van der Waals surface area contributed by atoms with Crippen LogP contribution in [0, 0.1) is 0 Å². The van der Waals surface area contributed by atoms with Gasteiger partial charge >= 0.3 is 6.09 Å². The van der Waals surface area contributed by atoms with Crippen molar-refractivity contribution in [3.05, 3.63) is 83.4 Å². The quantitative estimate of drug-likeness (QED) is 0.162. The molecule has 0 saturated heterocycles. The summed E-state index contributed by atoms with van der Waals surface area (Å²) in [6.45, 7) is 3.71. The van der Waals surface area contributed by atoms with E-state index in [0.717, 1.165) is 30.5 Å². The maximum absolute atomic E-state index is 13.3. The van der Waals surface area contributed by atoms with Gasteiger partial charge in [0, 0.05) is 13.0 Å². The van der Waals surface area contributed by atoms with Gasteiger partial charge in [0.05, 0.1) is 0 Å². The standard InChI is InChI=1S/C31H41N3O3/c1-4-5-7-15-26-18-19-27(29-17-11-10-16-28(26)29)22-30(32-24-35)34(21-12-20-33(2)3)31(36)37-23-25-13-8-6-9-14-25/h6,8-11,13-14,16-19,24,30H,4-5,7,12,15,20-23H2,1-3H3,(H,32,35)/t30-/m0/s1. The summed E-state index contributed by atoms with van der Waals surface area (Å²) in [5.41, 5.74) is 3.37. The van der Waals surface area contributed by atoms with E-state index in [-0.39, 0.29) is 6.61 Å². The van der Waals surface area contributed by atoms with Crippen LogP contribution in [0.5, 0.6) is 0 Å². The highest BCUT2D eigenvalue weighted by atomic mass is 16.6. The number of ether oxygens (including phenoxy) is 1. The fourth-order valence-electron chi connectivity index (χ4n) is 4.67. The lowest BCUT2D eigenvalue weighted by Crippen LogP contribution is -2.50. The van der Waals surface area contributed by atoms with Gasteiger partial charge < -0.3 is 15.0 Å². The number of carbonyl (C=O) groups excluding carboxylic acids is 2. The number of amides is 2. The number of carbonyl (C=O) groups is 2. The van der Waals surface area contributed by atoms with E-state index in [0.29, 0.717) is 19.4 Å². The Morgan fingerprint density at radius 1 is 0.892 bits per heavy atom. The molecule has 3 aromatic carbocycles. The second kappa shape index (κ2) is 15.0. The molecule has 3 aromatic rings. The molecule has 198 valence electrons. The maximum atomic E-state index is 13.3. The van der Waals surface area contributed by atoms with Crippen molar-refractivity contribution in [3.8, 4) is 0 Å². The Morgan fingerprint density at radius 3 is 2.24 bits per heavy atom. The third-order valence-electron chi connectivity index (χ3n) is 6.65. The van der Waals surface area contributed by atoms with E-state index in [1.807, 2.05) is 50.5 Å². The van der Waals surface area contributed by atoms with Crippen molar-refractivity contribution in [1.82, 2.24) is 15.1 Å². The molecule has 0 unspecified atom stereocenters. The van der Waals surface area contributed by atoms with E-state index >= 15 is 0 Å². The Kier molecular flexibility index (Phi) is 11.4. The van der Waals surface area contributed by atoms with E-state index in [1.54, 1.807) is 4.90 Å². The number of benzene rings is 3. The van der Waals surface area contributed by atoms with Crippen LogP contribution in [-0.4, -0.2) is 55.7 Å². The number of rotatable bonds is 15. The topological polar surface area (TPSA) is 61.9 Å². The van der Waals surface area contributed by atoms with Crippen LogP contribution in [0.15, 0.2) is 66.7 Å². The third-order valence-corrected chi connectivity index (χ3v) is 6.65. The summed E-state index contributed by atoms with van der Waals surface area (Å²) in [7, 11) is 4.01. The fraction of sp³-hybridized carbons (Fsp3) is 0.419. The maximum Gasteiger partial charge on any atom is 0.411 e. The van der Waals surface area contributed by atoms with Gasteiger partial charge in [-0.25, -0.2) is 4.79 Å². The minimum atomic E-state index is -0.516. The van der Waals surface area contributed by atoms with Crippen molar-refractivity contribution in [2.45, 2.75) is 58.2 Å². The van der Waals surface area contributed by atoms with Crippen LogP contribution in [0.4, 0.5) is 4.79 Å². The largest absolute Gasteiger partial charge is 0.444 e. The smallest absolute Gasteiger partial charge is 0.411 e. The summed E-state index contributed by atoms with van der Waals surface area (Å²) in [4.78, 5) is 28.7. The molecule has 0 aliphatic carbocycles. The second-order valence-electron chi connectivity index (χ2n) is 9.78. The van der Waals surface area contributed by atoms with E-state index in [4.69, 9.17) is 4.74 Å². The van der Waals surface area contributed by atoms with Crippen LogP contribution < -0.4 is 5.32 Å². The normalized spacial score (nSPS) is 11.9. The first-order chi connectivity index (χ1) is 18.0. The fourth-order valence-corrected chi connectivity index (χ4v) is 4.67. The molecule has 0 bridgehead atoms. The first-order valence-electron chi connectivity index (χ1n) is 13.3. The zero-order valence-corrected chi connectivity index (χ0v) is 22.5. The number of aryl methyl sites for hydroxylation is 1. The molecular formula is C31H41N3O3. The molecular weight excluding hydrogens is 462 g/mol. The van der Waals surface area contributed by atoms with Gasteiger partial charge in [0.1, 0.15) is 12.8 Å². The Bertz CT molecular complexity index is 1120. The van der Waals surface area contributed by atoms with Crippen molar-refractivity contribution in [3.63, 3.8) is 0 Å². The van der Waals surface area contributed by atoms with Gasteiger partial charge in [0.25, 0.3) is 0 Å². The summed E-state index contributed by atoms with van der Waals surface area (Å²) in [6.07, 6.45) is 5.62. The molecule has 6 heteroatoms. The summed E-state index contributed by atoms with van der Waals surface area (Å²) in [6, 6.07) is 22.4. The van der Waals surface area contributed by atoms with Crippen molar-refractivity contribution in [2.75, 3.05) is 27.2 Å². The van der Waals surface area contributed by atoms with Crippen LogP contribution in [-0.2, 0) is 29.0 Å². The van der Waals surface area contributed by atoms with Gasteiger partial charge in [0.15, 0.2) is 0 Å². The predicted octanol–water partition coefficient (Wildman–Crippen LogP) is 5.78. The van der Waals surface area contributed by atoms with Crippen LogP contribution >= 0.6 is 0 Å². The van der Waals surface area contributed by atoms with Crippen LogP contribution in [0.3, 0.4) is 0 Å². The molecule has 0 aliphatic heterocycles. The molecule has 1 atom stereocenters.